The largest absolute Gasteiger partial charge is 0.462 e. The lowest BCUT2D eigenvalue weighted by atomic mass is 10.0. The van der Waals surface area contributed by atoms with Gasteiger partial charge in [-0.25, -0.2) is 4.79 Å². The van der Waals surface area contributed by atoms with E-state index in [9.17, 15) is 9.59 Å². The zero-order chi connectivity index (χ0) is 19.4. The molecule has 0 aliphatic rings. The van der Waals surface area contributed by atoms with Gasteiger partial charge in [-0.3, -0.25) is 4.79 Å². The first kappa shape index (κ1) is 18.8. The number of carbonyl (C=O) groups excluding carboxylic acids is 2. The van der Waals surface area contributed by atoms with E-state index in [-0.39, 0.29) is 18.2 Å². The summed E-state index contributed by atoms with van der Waals surface area (Å²) in [7, 11) is 0. The van der Waals surface area contributed by atoms with Gasteiger partial charge in [0.2, 0.25) is 0 Å². The number of hydrogen-bond donors (Lipinski definition) is 1. The molecule has 1 amide bonds. The van der Waals surface area contributed by atoms with Crippen molar-refractivity contribution < 1.29 is 18.8 Å². The van der Waals surface area contributed by atoms with Crippen LogP contribution in [0, 0.1) is 0 Å². The molecule has 0 unspecified atom stereocenters. The maximum atomic E-state index is 12.5. The van der Waals surface area contributed by atoms with E-state index in [2.05, 4.69) is 10.5 Å². The standard InChI is InChI=1S/C20H20N2O4S/c1-4-25-20(24)17-14(13-8-6-5-7-9-13)11-27-19(17)21-18(23)15-10-16(12(2)3)26-22-15/h5-12H,4H2,1-3H3,(H,21,23). The summed E-state index contributed by atoms with van der Waals surface area (Å²) in [6.45, 7) is 5.89. The lowest BCUT2D eigenvalue weighted by molar-refractivity contribution is 0.0529. The van der Waals surface area contributed by atoms with Crippen molar-refractivity contribution in [2.24, 2.45) is 0 Å². The van der Waals surface area contributed by atoms with Crippen molar-refractivity contribution in [2.45, 2.75) is 26.7 Å². The molecule has 2 heterocycles. The first-order valence-corrected chi connectivity index (χ1v) is 9.51. The van der Waals surface area contributed by atoms with Crippen molar-refractivity contribution in [1.29, 1.82) is 0 Å². The van der Waals surface area contributed by atoms with Gasteiger partial charge in [-0.2, -0.15) is 0 Å². The van der Waals surface area contributed by atoms with Crippen molar-refractivity contribution in [3.63, 3.8) is 0 Å². The lowest BCUT2D eigenvalue weighted by Gasteiger charge is -2.08. The fraction of sp³-hybridized carbons (Fsp3) is 0.250. The molecule has 6 nitrogen and oxygen atoms in total. The van der Waals surface area contributed by atoms with Gasteiger partial charge in [0.1, 0.15) is 16.3 Å². The normalized spacial score (nSPS) is 10.8. The third-order valence-electron chi connectivity index (χ3n) is 3.91. The summed E-state index contributed by atoms with van der Waals surface area (Å²) in [4.78, 5) is 25.1. The molecule has 0 aliphatic heterocycles. The molecular formula is C20H20N2O4S. The molecule has 0 radical (unpaired) electrons. The molecule has 0 atom stereocenters. The molecule has 27 heavy (non-hydrogen) atoms. The van der Waals surface area contributed by atoms with Crippen molar-refractivity contribution in [3.8, 4) is 11.1 Å². The van der Waals surface area contributed by atoms with Gasteiger partial charge in [-0.05, 0) is 12.5 Å². The number of hydrogen-bond acceptors (Lipinski definition) is 6. The Bertz CT molecular complexity index is 944. The lowest BCUT2D eigenvalue weighted by Crippen LogP contribution is -2.15. The molecule has 0 spiro atoms. The summed E-state index contributed by atoms with van der Waals surface area (Å²) in [5.74, 6) is -0.156. The van der Waals surface area contributed by atoms with Crippen LogP contribution in [0.1, 0.15) is 53.3 Å². The average molecular weight is 384 g/mol. The Balaban J connectivity index is 1.93. The van der Waals surface area contributed by atoms with Crippen molar-refractivity contribution in [2.75, 3.05) is 11.9 Å². The second kappa shape index (κ2) is 8.18. The fourth-order valence-electron chi connectivity index (χ4n) is 2.52. The topological polar surface area (TPSA) is 81.4 Å². The van der Waals surface area contributed by atoms with Crippen LogP contribution in [0.4, 0.5) is 5.00 Å². The molecule has 0 saturated heterocycles. The summed E-state index contributed by atoms with van der Waals surface area (Å²) >= 11 is 1.27. The van der Waals surface area contributed by atoms with Gasteiger partial charge in [-0.1, -0.05) is 49.3 Å². The Labute approximate surface area is 161 Å². The Hall–Kier alpha value is -2.93. The van der Waals surface area contributed by atoms with Crippen LogP contribution in [0.5, 0.6) is 0 Å². The second-order valence-electron chi connectivity index (χ2n) is 6.16. The first-order valence-electron chi connectivity index (χ1n) is 8.63. The number of carbonyl (C=O) groups is 2. The fourth-order valence-corrected chi connectivity index (χ4v) is 3.47. The van der Waals surface area contributed by atoms with E-state index in [1.54, 1.807) is 13.0 Å². The van der Waals surface area contributed by atoms with Crippen LogP contribution in [0.25, 0.3) is 11.1 Å². The Morgan fingerprint density at radius 3 is 2.63 bits per heavy atom. The number of amides is 1. The summed E-state index contributed by atoms with van der Waals surface area (Å²) in [6.07, 6.45) is 0. The number of nitrogens with zero attached hydrogens (tertiary/aromatic N) is 1. The van der Waals surface area contributed by atoms with Crippen molar-refractivity contribution in [1.82, 2.24) is 5.16 Å². The Morgan fingerprint density at radius 1 is 1.26 bits per heavy atom. The van der Waals surface area contributed by atoms with Crippen LogP contribution < -0.4 is 5.32 Å². The monoisotopic (exact) mass is 384 g/mol. The molecule has 7 heteroatoms. The van der Waals surface area contributed by atoms with E-state index < -0.39 is 11.9 Å². The number of ether oxygens (including phenoxy) is 1. The number of thiophene rings is 1. The summed E-state index contributed by atoms with van der Waals surface area (Å²) < 4.78 is 10.4. The van der Waals surface area contributed by atoms with Crippen LogP contribution in [0.2, 0.25) is 0 Å². The predicted octanol–water partition coefficient (Wildman–Crippen LogP) is 4.96. The highest BCUT2D eigenvalue weighted by molar-refractivity contribution is 7.15. The van der Waals surface area contributed by atoms with E-state index in [0.717, 1.165) is 11.1 Å². The number of anilines is 1. The van der Waals surface area contributed by atoms with Gasteiger partial charge >= 0.3 is 5.97 Å². The highest BCUT2D eigenvalue weighted by Gasteiger charge is 2.24. The predicted molar refractivity (Wildman–Crippen MR) is 104 cm³/mol. The number of aromatic nitrogens is 1. The van der Waals surface area contributed by atoms with E-state index in [0.29, 0.717) is 16.3 Å². The second-order valence-corrected chi connectivity index (χ2v) is 7.04. The molecule has 0 saturated carbocycles. The van der Waals surface area contributed by atoms with Gasteiger partial charge in [0, 0.05) is 22.9 Å². The van der Waals surface area contributed by atoms with Crippen LogP contribution in [0.3, 0.4) is 0 Å². The minimum absolute atomic E-state index is 0.126. The molecule has 1 N–H and O–H groups in total. The summed E-state index contributed by atoms with van der Waals surface area (Å²) in [5.41, 5.74) is 2.11. The zero-order valence-electron chi connectivity index (χ0n) is 15.3. The van der Waals surface area contributed by atoms with Crippen molar-refractivity contribution in [3.05, 3.63) is 58.8 Å². The SMILES string of the molecule is CCOC(=O)c1c(-c2ccccc2)csc1NC(=O)c1cc(C(C)C)on1. The summed E-state index contributed by atoms with van der Waals surface area (Å²) in [5, 5.41) is 8.83. The molecule has 2 aromatic heterocycles. The van der Waals surface area contributed by atoms with Crippen molar-refractivity contribution >= 4 is 28.2 Å². The smallest absolute Gasteiger partial charge is 0.341 e. The van der Waals surface area contributed by atoms with E-state index in [1.807, 2.05) is 49.6 Å². The van der Waals surface area contributed by atoms with Gasteiger partial charge in [0.05, 0.1) is 6.61 Å². The highest BCUT2D eigenvalue weighted by Crippen LogP contribution is 2.36. The maximum absolute atomic E-state index is 12.5. The quantitative estimate of drug-likeness (QED) is 0.608. The Morgan fingerprint density at radius 2 is 2.00 bits per heavy atom. The average Bonchev–Trinajstić information content (AvgIpc) is 3.30. The third kappa shape index (κ3) is 4.09. The highest BCUT2D eigenvalue weighted by atomic mass is 32.1. The minimum atomic E-state index is -0.476. The zero-order valence-corrected chi connectivity index (χ0v) is 16.1. The molecule has 0 bridgehead atoms. The molecule has 3 rings (SSSR count). The summed E-state index contributed by atoms with van der Waals surface area (Å²) in [6, 6.07) is 11.1. The van der Waals surface area contributed by atoms with Crippen LogP contribution in [0.15, 0.2) is 46.3 Å². The third-order valence-corrected chi connectivity index (χ3v) is 4.81. The molecule has 0 fully saturated rings. The molecule has 0 aliphatic carbocycles. The number of esters is 1. The molecule has 3 aromatic rings. The molecular weight excluding hydrogens is 364 g/mol. The molecule has 1 aromatic carbocycles. The van der Waals surface area contributed by atoms with E-state index in [4.69, 9.17) is 9.26 Å². The van der Waals surface area contributed by atoms with Gasteiger partial charge < -0.3 is 14.6 Å². The van der Waals surface area contributed by atoms with Gasteiger partial charge in [0.25, 0.3) is 5.91 Å². The van der Waals surface area contributed by atoms with Gasteiger partial charge in [-0.15, -0.1) is 11.3 Å². The van der Waals surface area contributed by atoms with Crippen LogP contribution >= 0.6 is 11.3 Å². The van der Waals surface area contributed by atoms with E-state index in [1.165, 1.54) is 11.3 Å². The first-order chi connectivity index (χ1) is 13.0. The number of rotatable bonds is 6. The molecule has 140 valence electrons. The van der Waals surface area contributed by atoms with Crippen LogP contribution in [-0.2, 0) is 4.74 Å². The number of benzene rings is 1. The minimum Gasteiger partial charge on any atom is -0.462 e. The van der Waals surface area contributed by atoms with E-state index >= 15 is 0 Å². The maximum Gasteiger partial charge on any atom is 0.341 e. The number of nitrogens with one attached hydrogen (secondary N) is 1. The van der Waals surface area contributed by atoms with Gasteiger partial charge in [0.15, 0.2) is 5.69 Å². The Kier molecular flexibility index (Phi) is 5.71. The van der Waals surface area contributed by atoms with Crippen LogP contribution in [-0.4, -0.2) is 23.6 Å².